The van der Waals surface area contributed by atoms with Gasteiger partial charge in [-0.25, -0.2) is 0 Å². The molecule has 1 saturated heterocycles. The van der Waals surface area contributed by atoms with Gasteiger partial charge in [-0.05, 0) is 68.1 Å². The molecule has 3 aromatic carbocycles. The summed E-state index contributed by atoms with van der Waals surface area (Å²) >= 11 is 0. The fourth-order valence-electron chi connectivity index (χ4n) is 4.69. The molecular formula is C30H36N2O2. The van der Waals surface area contributed by atoms with E-state index in [4.69, 9.17) is 4.74 Å². The molecule has 4 nitrogen and oxygen atoms in total. The van der Waals surface area contributed by atoms with Crippen LogP contribution in [-0.4, -0.2) is 41.9 Å². The van der Waals surface area contributed by atoms with E-state index in [0.29, 0.717) is 19.1 Å². The molecular weight excluding hydrogens is 420 g/mol. The maximum absolute atomic E-state index is 13.6. The Hall–Kier alpha value is -3.11. The van der Waals surface area contributed by atoms with Gasteiger partial charge in [-0.1, -0.05) is 72.8 Å². The summed E-state index contributed by atoms with van der Waals surface area (Å²) in [5, 5.41) is 0. The lowest BCUT2D eigenvalue weighted by Crippen LogP contribution is -2.42. The molecule has 1 aliphatic rings. The van der Waals surface area contributed by atoms with Crippen LogP contribution in [0, 0.1) is 5.92 Å². The number of benzene rings is 3. The molecule has 1 amide bonds. The Kier molecular flexibility index (Phi) is 8.75. The standard InChI is InChI=1S/C30H36N2O2/c1-2-34-29-15-13-27(14-16-29)23-31-20-18-28(19-21-31)30(33)32(24-26-11-7-4-8-12-26)22-17-25-9-5-3-6-10-25/h3-16,28H,2,17-24H2,1H3. The fourth-order valence-corrected chi connectivity index (χ4v) is 4.69. The number of ether oxygens (including phenoxy) is 1. The van der Waals surface area contributed by atoms with Crippen LogP contribution < -0.4 is 4.74 Å². The number of nitrogens with zero attached hydrogens (tertiary/aromatic N) is 2. The van der Waals surface area contributed by atoms with Gasteiger partial charge in [0.25, 0.3) is 0 Å². The summed E-state index contributed by atoms with van der Waals surface area (Å²) in [4.78, 5) is 18.1. The lowest BCUT2D eigenvalue weighted by molar-refractivity contribution is -0.137. The van der Waals surface area contributed by atoms with Gasteiger partial charge in [0.1, 0.15) is 5.75 Å². The van der Waals surface area contributed by atoms with Crippen LogP contribution in [0.1, 0.15) is 36.5 Å². The van der Waals surface area contributed by atoms with E-state index in [1.807, 2.05) is 31.2 Å². The van der Waals surface area contributed by atoms with Crippen LogP contribution in [0.3, 0.4) is 0 Å². The molecule has 4 heteroatoms. The third-order valence-corrected chi connectivity index (χ3v) is 6.62. The summed E-state index contributed by atoms with van der Waals surface area (Å²) in [6.45, 7) is 6.97. The predicted molar refractivity (Wildman–Crippen MR) is 138 cm³/mol. The third-order valence-electron chi connectivity index (χ3n) is 6.62. The van der Waals surface area contributed by atoms with E-state index in [2.05, 4.69) is 70.5 Å². The minimum Gasteiger partial charge on any atom is -0.494 e. The van der Waals surface area contributed by atoms with E-state index in [-0.39, 0.29) is 5.92 Å². The van der Waals surface area contributed by atoms with Gasteiger partial charge in [-0.15, -0.1) is 0 Å². The van der Waals surface area contributed by atoms with Crippen molar-refractivity contribution in [3.63, 3.8) is 0 Å². The van der Waals surface area contributed by atoms with Crippen LogP contribution in [0.5, 0.6) is 5.75 Å². The van der Waals surface area contributed by atoms with Gasteiger partial charge in [0, 0.05) is 25.6 Å². The molecule has 0 radical (unpaired) electrons. The van der Waals surface area contributed by atoms with E-state index in [1.54, 1.807) is 0 Å². The van der Waals surface area contributed by atoms with Gasteiger partial charge < -0.3 is 9.64 Å². The second-order valence-electron chi connectivity index (χ2n) is 9.11. The predicted octanol–water partition coefficient (Wildman–Crippen LogP) is 5.57. The van der Waals surface area contributed by atoms with Crippen molar-refractivity contribution in [3.05, 3.63) is 102 Å². The molecule has 0 N–H and O–H groups in total. The first-order chi connectivity index (χ1) is 16.7. The highest BCUT2D eigenvalue weighted by Gasteiger charge is 2.28. The number of amides is 1. The number of carbonyl (C=O) groups is 1. The number of hydrogen-bond donors (Lipinski definition) is 0. The minimum absolute atomic E-state index is 0.107. The first-order valence-corrected chi connectivity index (χ1v) is 12.5. The molecule has 0 aromatic heterocycles. The monoisotopic (exact) mass is 456 g/mol. The molecule has 0 aliphatic carbocycles. The largest absolute Gasteiger partial charge is 0.494 e. The van der Waals surface area contributed by atoms with Crippen molar-refractivity contribution in [2.45, 2.75) is 39.3 Å². The van der Waals surface area contributed by atoms with Crippen molar-refractivity contribution in [1.82, 2.24) is 9.80 Å². The quantitative estimate of drug-likeness (QED) is 0.400. The molecule has 0 atom stereocenters. The van der Waals surface area contributed by atoms with Crippen LogP contribution in [0.25, 0.3) is 0 Å². The maximum Gasteiger partial charge on any atom is 0.226 e. The van der Waals surface area contributed by atoms with Crippen LogP contribution in [0.4, 0.5) is 0 Å². The number of hydrogen-bond acceptors (Lipinski definition) is 3. The van der Waals surface area contributed by atoms with Crippen LogP contribution >= 0.6 is 0 Å². The van der Waals surface area contributed by atoms with E-state index >= 15 is 0 Å². The van der Waals surface area contributed by atoms with Crippen molar-refractivity contribution >= 4 is 5.91 Å². The van der Waals surface area contributed by atoms with Crippen molar-refractivity contribution in [2.24, 2.45) is 5.92 Å². The Morgan fingerprint density at radius 3 is 2.09 bits per heavy atom. The topological polar surface area (TPSA) is 32.8 Å². The van der Waals surface area contributed by atoms with Crippen LogP contribution in [0.15, 0.2) is 84.9 Å². The minimum atomic E-state index is 0.107. The zero-order chi connectivity index (χ0) is 23.6. The van der Waals surface area contributed by atoms with Crippen molar-refractivity contribution in [3.8, 4) is 5.75 Å². The first-order valence-electron chi connectivity index (χ1n) is 12.5. The molecule has 0 bridgehead atoms. The Morgan fingerprint density at radius 1 is 0.853 bits per heavy atom. The van der Waals surface area contributed by atoms with Gasteiger partial charge in [-0.3, -0.25) is 9.69 Å². The highest BCUT2D eigenvalue weighted by atomic mass is 16.5. The second-order valence-corrected chi connectivity index (χ2v) is 9.11. The average molecular weight is 457 g/mol. The number of likely N-dealkylation sites (tertiary alicyclic amines) is 1. The second kappa shape index (κ2) is 12.4. The van der Waals surface area contributed by atoms with Crippen molar-refractivity contribution in [1.29, 1.82) is 0 Å². The smallest absolute Gasteiger partial charge is 0.226 e. The molecule has 178 valence electrons. The van der Waals surface area contributed by atoms with E-state index in [1.165, 1.54) is 16.7 Å². The summed E-state index contributed by atoms with van der Waals surface area (Å²) in [7, 11) is 0. The van der Waals surface area contributed by atoms with Gasteiger partial charge >= 0.3 is 0 Å². The summed E-state index contributed by atoms with van der Waals surface area (Å²) in [6.07, 6.45) is 2.73. The Morgan fingerprint density at radius 2 is 1.47 bits per heavy atom. The molecule has 1 fully saturated rings. The van der Waals surface area contributed by atoms with E-state index in [0.717, 1.165) is 51.2 Å². The summed E-state index contributed by atoms with van der Waals surface area (Å²) in [5.74, 6) is 1.33. The number of rotatable bonds is 10. The maximum atomic E-state index is 13.6. The fraction of sp³-hybridized carbons (Fsp3) is 0.367. The third kappa shape index (κ3) is 6.94. The summed E-state index contributed by atoms with van der Waals surface area (Å²) < 4.78 is 5.55. The molecule has 0 saturated carbocycles. The van der Waals surface area contributed by atoms with E-state index < -0.39 is 0 Å². The Balaban J connectivity index is 1.33. The highest BCUT2D eigenvalue weighted by Crippen LogP contribution is 2.23. The first kappa shape index (κ1) is 24.0. The summed E-state index contributed by atoms with van der Waals surface area (Å²) in [5.41, 5.74) is 3.76. The SMILES string of the molecule is CCOc1ccc(CN2CCC(C(=O)N(CCc3ccccc3)Cc3ccccc3)CC2)cc1. The molecule has 0 unspecified atom stereocenters. The lowest BCUT2D eigenvalue weighted by atomic mass is 9.94. The van der Waals surface area contributed by atoms with Crippen molar-refractivity contribution < 1.29 is 9.53 Å². The van der Waals surface area contributed by atoms with Gasteiger partial charge in [0.05, 0.1) is 6.61 Å². The average Bonchev–Trinajstić information content (AvgIpc) is 2.89. The molecule has 1 heterocycles. The van der Waals surface area contributed by atoms with Crippen LogP contribution in [0.2, 0.25) is 0 Å². The normalized spacial score (nSPS) is 14.6. The lowest BCUT2D eigenvalue weighted by Gasteiger charge is -2.34. The molecule has 1 aliphatic heterocycles. The number of carbonyl (C=O) groups excluding carboxylic acids is 1. The van der Waals surface area contributed by atoms with Gasteiger partial charge in [-0.2, -0.15) is 0 Å². The Labute approximate surface area is 204 Å². The number of piperidine rings is 1. The van der Waals surface area contributed by atoms with Gasteiger partial charge in [0.2, 0.25) is 5.91 Å². The van der Waals surface area contributed by atoms with Crippen molar-refractivity contribution in [2.75, 3.05) is 26.2 Å². The Bertz CT molecular complexity index is 997. The zero-order valence-electron chi connectivity index (χ0n) is 20.2. The zero-order valence-corrected chi connectivity index (χ0v) is 20.2. The molecule has 0 spiro atoms. The molecule has 3 aromatic rings. The molecule has 34 heavy (non-hydrogen) atoms. The van der Waals surface area contributed by atoms with Crippen LogP contribution in [-0.2, 0) is 24.3 Å². The highest BCUT2D eigenvalue weighted by molar-refractivity contribution is 5.79. The molecule has 4 rings (SSSR count). The van der Waals surface area contributed by atoms with Gasteiger partial charge in [0.15, 0.2) is 0 Å². The van der Waals surface area contributed by atoms with E-state index in [9.17, 15) is 4.79 Å². The summed E-state index contributed by atoms with van der Waals surface area (Å²) in [6, 6.07) is 29.2.